The zero-order chi connectivity index (χ0) is 21.9. The zero-order valence-corrected chi connectivity index (χ0v) is 18.9. The minimum Gasteiger partial charge on any atom is -0.463 e. The molecule has 4 aromatic rings. The first-order chi connectivity index (χ1) is 15.6. The van der Waals surface area contributed by atoms with Gasteiger partial charge in [0.25, 0.3) is 0 Å². The van der Waals surface area contributed by atoms with Gasteiger partial charge in [-0.05, 0) is 49.1 Å². The van der Waals surface area contributed by atoms with Crippen LogP contribution in [0, 0.1) is 0 Å². The van der Waals surface area contributed by atoms with Gasteiger partial charge in [-0.2, -0.15) is 20.1 Å². The van der Waals surface area contributed by atoms with Crippen molar-refractivity contribution in [3.05, 3.63) is 53.8 Å². The molecule has 11 heteroatoms. The monoisotopic (exact) mass is 468 g/mol. The van der Waals surface area contributed by atoms with Gasteiger partial charge >= 0.3 is 0 Å². The summed E-state index contributed by atoms with van der Waals surface area (Å²) in [7, 11) is 2.12. The van der Waals surface area contributed by atoms with Crippen LogP contribution >= 0.6 is 23.4 Å². The van der Waals surface area contributed by atoms with Crippen LogP contribution < -0.4 is 10.2 Å². The summed E-state index contributed by atoms with van der Waals surface area (Å²) in [6.45, 7) is 3.62. The van der Waals surface area contributed by atoms with Gasteiger partial charge in [0.05, 0.1) is 6.26 Å². The molecule has 9 nitrogen and oxygen atoms in total. The second-order valence-electron chi connectivity index (χ2n) is 7.36. The number of furan rings is 1. The van der Waals surface area contributed by atoms with Crippen LogP contribution in [0.15, 0.2) is 63.2 Å². The first-order valence-electron chi connectivity index (χ1n) is 10.1. The van der Waals surface area contributed by atoms with Gasteiger partial charge in [0.15, 0.2) is 16.7 Å². The molecule has 1 aliphatic rings. The van der Waals surface area contributed by atoms with Crippen molar-refractivity contribution < 1.29 is 4.42 Å². The number of rotatable bonds is 6. The predicted molar refractivity (Wildman–Crippen MR) is 125 cm³/mol. The molecule has 0 atom stereocenters. The van der Waals surface area contributed by atoms with E-state index in [2.05, 4.69) is 42.3 Å². The molecule has 0 bridgehead atoms. The highest BCUT2D eigenvalue weighted by Crippen LogP contribution is 2.29. The van der Waals surface area contributed by atoms with E-state index in [-0.39, 0.29) is 0 Å². The van der Waals surface area contributed by atoms with E-state index >= 15 is 0 Å². The Bertz CT molecular complexity index is 1190. The van der Waals surface area contributed by atoms with Crippen LogP contribution in [-0.4, -0.2) is 63.3 Å². The predicted octanol–water partition coefficient (Wildman–Crippen LogP) is 4.15. The van der Waals surface area contributed by atoms with Crippen LogP contribution in [0.25, 0.3) is 11.5 Å². The Morgan fingerprint density at radius 2 is 1.94 bits per heavy atom. The normalized spacial score (nSPS) is 14.6. The summed E-state index contributed by atoms with van der Waals surface area (Å²) in [5.41, 5.74) is 0.763. The third-order valence-corrected chi connectivity index (χ3v) is 6.09. The van der Waals surface area contributed by atoms with Crippen molar-refractivity contribution >= 4 is 41.1 Å². The summed E-state index contributed by atoms with van der Waals surface area (Å²) in [4.78, 5) is 19.4. The lowest BCUT2D eigenvalue weighted by molar-refractivity contribution is 0.311. The van der Waals surface area contributed by atoms with E-state index < -0.39 is 0 Å². The molecular weight excluding hydrogens is 448 g/mol. The standard InChI is InChI=1S/C21H21ClN8OS/c1-29-7-9-30(10-8-29)20-24-19(23-18-13-16(27-28-18)17-6-3-11-31-17)25-21(26-20)32-15-5-2-4-14(22)12-15/h2-6,11-13H,7-10H2,1H3,(H2,23,24,25,26,27,28). The van der Waals surface area contributed by atoms with Crippen molar-refractivity contribution in [3.8, 4) is 11.5 Å². The number of piperazine rings is 1. The molecule has 0 amide bonds. The number of aromatic nitrogens is 5. The summed E-state index contributed by atoms with van der Waals surface area (Å²) in [5.74, 6) is 2.36. The molecule has 1 aliphatic heterocycles. The number of H-pyrrole nitrogens is 1. The first kappa shape index (κ1) is 20.8. The average molecular weight is 469 g/mol. The summed E-state index contributed by atoms with van der Waals surface area (Å²) in [5, 5.41) is 11.7. The highest BCUT2D eigenvalue weighted by atomic mass is 35.5. The Hall–Kier alpha value is -3.08. The Kier molecular flexibility index (Phi) is 5.97. The minimum atomic E-state index is 0.427. The van der Waals surface area contributed by atoms with Crippen LogP contribution in [0.2, 0.25) is 5.02 Å². The van der Waals surface area contributed by atoms with Crippen molar-refractivity contribution in [3.63, 3.8) is 0 Å². The van der Waals surface area contributed by atoms with E-state index in [4.69, 9.17) is 21.0 Å². The third-order valence-electron chi connectivity index (χ3n) is 5.00. The molecule has 0 aliphatic carbocycles. The second-order valence-corrected chi connectivity index (χ2v) is 8.84. The maximum Gasteiger partial charge on any atom is 0.234 e. The topological polar surface area (TPSA) is 99.0 Å². The van der Waals surface area contributed by atoms with E-state index in [0.717, 1.165) is 36.8 Å². The quantitative estimate of drug-likeness (QED) is 0.432. The van der Waals surface area contributed by atoms with Crippen molar-refractivity contribution in [2.45, 2.75) is 10.1 Å². The van der Waals surface area contributed by atoms with Crippen LogP contribution in [0.1, 0.15) is 0 Å². The fraction of sp³-hybridized carbons (Fsp3) is 0.238. The minimum absolute atomic E-state index is 0.427. The van der Waals surface area contributed by atoms with Gasteiger partial charge in [0.1, 0.15) is 5.69 Å². The van der Waals surface area contributed by atoms with E-state index in [0.29, 0.717) is 33.7 Å². The van der Waals surface area contributed by atoms with Gasteiger partial charge < -0.3 is 19.5 Å². The largest absolute Gasteiger partial charge is 0.463 e. The molecule has 0 saturated carbocycles. The number of hydrogen-bond acceptors (Lipinski definition) is 9. The zero-order valence-electron chi connectivity index (χ0n) is 17.3. The third kappa shape index (κ3) is 4.87. The average Bonchev–Trinajstić information content (AvgIpc) is 3.46. The molecule has 32 heavy (non-hydrogen) atoms. The number of benzene rings is 1. The summed E-state index contributed by atoms with van der Waals surface area (Å²) >= 11 is 7.59. The van der Waals surface area contributed by atoms with Gasteiger partial charge in [-0.15, -0.1) is 0 Å². The Morgan fingerprint density at radius 1 is 1.06 bits per heavy atom. The van der Waals surface area contributed by atoms with E-state index in [1.54, 1.807) is 6.26 Å². The Morgan fingerprint density at radius 3 is 2.72 bits per heavy atom. The van der Waals surface area contributed by atoms with E-state index in [1.807, 2.05) is 42.5 Å². The van der Waals surface area contributed by atoms with Gasteiger partial charge in [-0.1, -0.05) is 17.7 Å². The number of nitrogens with one attached hydrogen (secondary N) is 2. The summed E-state index contributed by atoms with van der Waals surface area (Å²) < 4.78 is 5.42. The lowest BCUT2D eigenvalue weighted by atomic mass is 10.3. The Labute approximate surface area is 194 Å². The van der Waals surface area contributed by atoms with Crippen LogP contribution in [0.4, 0.5) is 17.7 Å². The second kappa shape index (κ2) is 9.19. The summed E-state index contributed by atoms with van der Waals surface area (Å²) in [6.07, 6.45) is 1.62. The molecular formula is C21H21ClN8OS. The summed E-state index contributed by atoms with van der Waals surface area (Å²) in [6, 6.07) is 13.2. The molecule has 2 N–H and O–H groups in total. The molecule has 5 rings (SSSR count). The molecule has 1 aromatic carbocycles. The number of hydrogen-bond donors (Lipinski definition) is 2. The van der Waals surface area contributed by atoms with E-state index in [9.17, 15) is 0 Å². The van der Waals surface area contributed by atoms with Crippen molar-refractivity contribution in [2.75, 3.05) is 43.4 Å². The van der Waals surface area contributed by atoms with Gasteiger partial charge in [0.2, 0.25) is 11.9 Å². The highest BCUT2D eigenvalue weighted by Gasteiger charge is 2.19. The molecule has 1 fully saturated rings. The number of anilines is 3. The van der Waals surface area contributed by atoms with Crippen molar-refractivity contribution in [1.82, 2.24) is 30.0 Å². The lowest BCUT2D eigenvalue weighted by Crippen LogP contribution is -2.45. The molecule has 3 aromatic heterocycles. The molecule has 0 spiro atoms. The maximum absolute atomic E-state index is 6.15. The highest BCUT2D eigenvalue weighted by molar-refractivity contribution is 7.99. The number of aromatic amines is 1. The molecule has 4 heterocycles. The van der Waals surface area contributed by atoms with Gasteiger partial charge in [-0.25, -0.2) is 0 Å². The number of likely N-dealkylation sites (N-methyl/N-ethyl adjacent to an activating group) is 1. The van der Waals surface area contributed by atoms with Crippen LogP contribution in [0.5, 0.6) is 0 Å². The van der Waals surface area contributed by atoms with Crippen molar-refractivity contribution in [1.29, 1.82) is 0 Å². The number of halogens is 1. The van der Waals surface area contributed by atoms with E-state index in [1.165, 1.54) is 11.8 Å². The SMILES string of the molecule is CN1CCN(c2nc(Nc3cc(-c4ccco4)[nH]n3)nc(Sc3cccc(Cl)c3)n2)CC1. The van der Waals surface area contributed by atoms with Gasteiger partial charge in [0, 0.05) is 42.2 Å². The van der Waals surface area contributed by atoms with Gasteiger partial charge in [-0.3, -0.25) is 5.10 Å². The molecule has 1 saturated heterocycles. The maximum atomic E-state index is 6.15. The molecule has 0 radical (unpaired) electrons. The van der Waals surface area contributed by atoms with Crippen LogP contribution in [0.3, 0.4) is 0 Å². The lowest BCUT2D eigenvalue weighted by Gasteiger charge is -2.32. The van der Waals surface area contributed by atoms with Crippen molar-refractivity contribution in [2.24, 2.45) is 0 Å². The Balaban J connectivity index is 1.43. The fourth-order valence-electron chi connectivity index (χ4n) is 3.29. The molecule has 0 unspecified atom stereocenters. The van der Waals surface area contributed by atoms with Crippen LogP contribution in [-0.2, 0) is 0 Å². The smallest absolute Gasteiger partial charge is 0.234 e. The fourth-order valence-corrected chi connectivity index (χ4v) is 4.35. The molecule has 164 valence electrons. The first-order valence-corrected chi connectivity index (χ1v) is 11.3. The number of nitrogens with zero attached hydrogens (tertiary/aromatic N) is 6.